The van der Waals surface area contributed by atoms with Gasteiger partial charge in [0.05, 0.1) is 10.2 Å². The molecule has 2 heterocycles. The second kappa shape index (κ2) is 7.23. The molecule has 2 aromatic carbocycles. The Morgan fingerprint density at radius 1 is 1.25 bits per heavy atom. The third kappa shape index (κ3) is 3.30. The predicted molar refractivity (Wildman–Crippen MR) is 106 cm³/mol. The second-order valence-electron chi connectivity index (χ2n) is 6.63. The fourth-order valence-electron chi connectivity index (χ4n) is 3.40. The molecule has 9 heteroatoms. The Morgan fingerprint density at radius 2 is 2.04 bits per heavy atom. The number of aromatic nitrogens is 1. The number of benzene rings is 2. The van der Waals surface area contributed by atoms with Crippen molar-refractivity contribution in [3.63, 3.8) is 0 Å². The zero-order valence-corrected chi connectivity index (χ0v) is 16.7. The number of rotatable bonds is 4. The first-order chi connectivity index (χ1) is 13.4. The average Bonchev–Trinajstić information content (AvgIpc) is 3.29. The summed E-state index contributed by atoms with van der Waals surface area (Å²) in [4.78, 5) is 16.8. The molecule has 3 aromatic rings. The quantitative estimate of drug-likeness (QED) is 0.702. The first kappa shape index (κ1) is 19.0. The summed E-state index contributed by atoms with van der Waals surface area (Å²) in [6, 6.07) is 10.1. The highest BCUT2D eigenvalue weighted by molar-refractivity contribution is 7.89. The Balaban J connectivity index is 1.60. The average molecular weight is 420 g/mol. The SMILES string of the molecule is Cc1cccc2sc(NC(=O)[C@H]3CCCN3S(=O)(=O)c3ccccc3F)nc12. The number of carbonyl (C=O) groups is 1. The first-order valence-electron chi connectivity index (χ1n) is 8.81. The first-order valence-corrected chi connectivity index (χ1v) is 11.1. The van der Waals surface area contributed by atoms with Gasteiger partial charge in [-0.15, -0.1) is 0 Å². The minimum atomic E-state index is -4.11. The molecule has 1 atom stereocenters. The summed E-state index contributed by atoms with van der Waals surface area (Å²) < 4.78 is 41.9. The summed E-state index contributed by atoms with van der Waals surface area (Å²) in [6.45, 7) is 2.11. The van der Waals surface area contributed by atoms with Gasteiger partial charge in [-0.05, 0) is 43.5 Å². The van der Waals surface area contributed by atoms with Gasteiger partial charge in [-0.1, -0.05) is 35.6 Å². The van der Waals surface area contributed by atoms with E-state index in [1.54, 1.807) is 0 Å². The summed E-state index contributed by atoms with van der Waals surface area (Å²) in [7, 11) is -4.11. The van der Waals surface area contributed by atoms with Crippen LogP contribution in [0.2, 0.25) is 0 Å². The molecule has 0 radical (unpaired) electrons. The molecule has 0 saturated carbocycles. The Labute approximate surface area is 166 Å². The van der Waals surface area contributed by atoms with Crippen LogP contribution in [-0.2, 0) is 14.8 Å². The summed E-state index contributed by atoms with van der Waals surface area (Å²) in [5, 5.41) is 3.16. The molecule has 0 bridgehead atoms. The number of para-hydroxylation sites is 1. The normalized spacial score (nSPS) is 17.9. The van der Waals surface area contributed by atoms with E-state index in [1.807, 2.05) is 25.1 Å². The van der Waals surface area contributed by atoms with Crippen LogP contribution in [0.3, 0.4) is 0 Å². The summed E-state index contributed by atoms with van der Waals surface area (Å²) in [5.74, 6) is -1.27. The number of thiazole rings is 1. The molecule has 1 saturated heterocycles. The van der Waals surface area contributed by atoms with E-state index in [4.69, 9.17) is 0 Å². The van der Waals surface area contributed by atoms with Crippen molar-refractivity contribution in [2.45, 2.75) is 30.7 Å². The maximum Gasteiger partial charge on any atom is 0.246 e. The van der Waals surface area contributed by atoms with Crippen LogP contribution < -0.4 is 5.32 Å². The Morgan fingerprint density at radius 3 is 2.79 bits per heavy atom. The summed E-state index contributed by atoms with van der Waals surface area (Å²) in [5.41, 5.74) is 1.81. The number of sulfonamides is 1. The van der Waals surface area contributed by atoms with Crippen LogP contribution in [0.25, 0.3) is 10.2 Å². The summed E-state index contributed by atoms with van der Waals surface area (Å²) >= 11 is 1.34. The number of nitrogens with one attached hydrogen (secondary N) is 1. The highest BCUT2D eigenvalue weighted by Crippen LogP contribution is 2.31. The van der Waals surface area contributed by atoms with E-state index in [9.17, 15) is 17.6 Å². The largest absolute Gasteiger partial charge is 0.301 e. The van der Waals surface area contributed by atoms with Gasteiger partial charge in [-0.3, -0.25) is 4.79 Å². The van der Waals surface area contributed by atoms with Crippen molar-refractivity contribution >= 4 is 42.6 Å². The minimum Gasteiger partial charge on any atom is -0.301 e. The van der Waals surface area contributed by atoms with Crippen LogP contribution in [0, 0.1) is 12.7 Å². The lowest BCUT2D eigenvalue weighted by atomic mass is 10.2. The number of fused-ring (bicyclic) bond motifs is 1. The molecule has 6 nitrogen and oxygen atoms in total. The molecular weight excluding hydrogens is 401 g/mol. The molecule has 1 amide bonds. The van der Waals surface area contributed by atoms with Crippen molar-refractivity contribution in [1.82, 2.24) is 9.29 Å². The molecule has 0 spiro atoms. The highest BCUT2D eigenvalue weighted by Gasteiger charge is 2.40. The van der Waals surface area contributed by atoms with E-state index in [-0.39, 0.29) is 6.54 Å². The lowest BCUT2D eigenvalue weighted by Crippen LogP contribution is -2.43. The van der Waals surface area contributed by atoms with E-state index in [0.717, 1.165) is 26.2 Å². The number of aryl methyl sites for hydroxylation is 1. The molecule has 4 rings (SSSR count). The third-order valence-electron chi connectivity index (χ3n) is 4.78. The number of hydrogen-bond donors (Lipinski definition) is 1. The lowest BCUT2D eigenvalue weighted by molar-refractivity contribution is -0.119. The Kier molecular flexibility index (Phi) is 4.90. The van der Waals surface area contributed by atoms with E-state index in [1.165, 1.54) is 29.5 Å². The molecule has 1 aromatic heterocycles. The Bertz CT molecular complexity index is 1160. The predicted octanol–water partition coefficient (Wildman–Crippen LogP) is 3.54. The van der Waals surface area contributed by atoms with Gasteiger partial charge < -0.3 is 5.32 Å². The van der Waals surface area contributed by atoms with E-state index < -0.39 is 32.7 Å². The van der Waals surface area contributed by atoms with Crippen LogP contribution in [0.4, 0.5) is 9.52 Å². The number of hydrogen-bond acceptors (Lipinski definition) is 5. The maximum atomic E-state index is 14.1. The molecule has 0 unspecified atom stereocenters. The molecule has 28 heavy (non-hydrogen) atoms. The van der Waals surface area contributed by atoms with Crippen LogP contribution in [0.15, 0.2) is 47.4 Å². The number of nitrogens with zero attached hydrogens (tertiary/aromatic N) is 2. The van der Waals surface area contributed by atoms with E-state index in [2.05, 4.69) is 10.3 Å². The van der Waals surface area contributed by atoms with Gasteiger partial charge in [0.25, 0.3) is 0 Å². The summed E-state index contributed by atoms with van der Waals surface area (Å²) in [6.07, 6.45) is 0.911. The molecule has 1 N–H and O–H groups in total. The minimum absolute atomic E-state index is 0.174. The number of anilines is 1. The van der Waals surface area contributed by atoms with Crippen LogP contribution >= 0.6 is 11.3 Å². The van der Waals surface area contributed by atoms with Gasteiger partial charge in [0.2, 0.25) is 15.9 Å². The van der Waals surface area contributed by atoms with Crippen molar-refractivity contribution in [2.24, 2.45) is 0 Å². The molecular formula is C19H18FN3O3S2. The second-order valence-corrected chi connectivity index (χ2v) is 9.52. The third-order valence-corrected chi connectivity index (χ3v) is 7.66. The number of halogens is 1. The van der Waals surface area contributed by atoms with Crippen molar-refractivity contribution in [3.05, 3.63) is 53.8 Å². The fraction of sp³-hybridized carbons (Fsp3) is 0.263. The van der Waals surface area contributed by atoms with Gasteiger partial charge in [0.1, 0.15) is 16.8 Å². The van der Waals surface area contributed by atoms with E-state index >= 15 is 0 Å². The zero-order valence-electron chi connectivity index (χ0n) is 15.1. The number of amides is 1. The van der Waals surface area contributed by atoms with Gasteiger partial charge >= 0.3 is 0 Å². The van der Waals surface area contributed by atoms with Crippen molar-refractivity contribution in [2.75, 3.05) is 11.9 Å². The maximum absolute atomic E-state index is 14.1. The van der Waals surface area contributed by atoms with Crippen LogP contribution in [0.5, 0.6) is 0 Å². The topological polar surface area (TPSA) is 79.4 Å². The fourth-order valence-corrected chi connectivity index (χ4v) is 6.07. The smallest absolute Gasteiger partial charge is 0.246 e. The Hall–Kier alpha value is -2.36. The monoisotopic (exact) mass is 419 g/mol. The van der Waals surface area contributed by atoms with Crippen molar-refractivity contribution in [1.29, 1.82) is 0 Å². The van der Waals surface area contributed by atoms with Gasteiger partial charge in [0, 0.05) is 6.54 Å². The highest BCUT2D eigenvalue weighted by atomic mass is 32.2. The van der Waals surface area contributed by atoms with Crippen molar-refractivity contribution < 1.29 is 17.6 Å². The lowest BCUT2D eigenvalue weighted by Gasteiger charge is -2.23. The van der Waals surface area contributed by atoms with Gasteiger partial charge in [-0.25, -0.2) is 17.8 Å². The molecule has 1 fully saturated rings. The molecule has 1 aliphatic rings. The molecule has 146 valence electrons. The van der Waals surface area contributed by atoms with Crippen LogP contribution in [-0.4, -0.2) is 36.2 Å². The zero-order chi connectivity index (χ0) is 19.9. The van der Waals surface area contributed by atoms with Gasteiger partial charge in [0.15, 0.2) is 5.13 Å². The van der Waals surface area contributed by atoms with E-state index in [0.29, 0.717) is 18.0 Å². The molecule has 0 aliphatic carbocycles. The molecule has 1 aliphatic heterocycles. The van der Waals surface area contributed by atoms with Gasteiger partial charge in [-0.2, -0.15) is 4.31 Å². The number of carbonyl (C=O) groups excluding carboxylic acids is 1. The standard InChI is InChI=1S/C19H18FN3O3S2/c1-12-6-4-9-15-17(12)21-19(27-15)22-18(24)14-8-5-11-23(14)28(25,26)16-10-3-2-7-13(16)20/h2-4,6-7,9-10,14H,5,8,11H2,1H3,(H,21,22,24)/t14-/m1/s1. The van der Waals surface area contributed by atoms with Crippen LogP contribution in [0.1, 0.15) is 18.4 Å². The van der Waals surface area contributed by atoms with Crippen molar-refractivity contribution in [3.8, 4) is 0 Å².